The number of rotatable bonds is 9. The summed E-state index contributed by atoms with van der Waals surface area (Å²) in [5, 5.41) is 3.51. The summed E-state index contributed by atoms with van der Waals surface area (Å²) in [6.45, 7) is 1.78. The van der Waals surface area contributed by atoms with E-state index in [0.717, 1.165) is 35.7 Å². The first-order valence-corrected chi connectivity index (χ1v) is 12.5. The van der Waals surface area contributed by atoms with Crippen LogP contribution in [-0.2, 0) is 16.1 Å². The van der Waals surface area contributed by atoms with E-state index in [1.165, 1.54) is 23.5 Å². The lowest BCUT2D eigenvalue weighted by molar-refractivity contribution is -0.143. The second-order valence-electron chi connectivity index (χ2n) is 8.28. The molecule has 1 N–H and O–H groups in total. The molecule has 0 aliphatic heterocycles. The summed E-state index contributed by atoms with van der Waals surface area (Å²) in [6, 6.07) is 10.5. The summed E-state index contributed by atoms with van der Waals surface area (Å²) in [4.78, 5) is 27.9. The zero-order valence-corrected chi connectivity index (χ0v) is 21.0. The maximum absolute atomic E-state index is 13.4. The molecule has 0 saturated heterocycles. The molecule has 1 aliphatic carbocycles. The molecule has 2 aromatic rings. The highest BCUT2D eigenvalue weighted by atomic mass is 79.9. The number of nitrogens with zero attached hydrogens (tertiary/aromatic N) is 1. The lowest BCUT2D eigenvalue weighted by Crippen LogP contribution is -2.52. The Labute approximate surface area is 207 Å². The monoisotopic (exact) mass is 538 g/mol. The standard InChI is InChI=1S/C25H29BrClFN2O3/c1-2-22(25(32)29-20-6-4-3-5-7-20)30(15-17-8-11-19(28)12-9-17)24(31)16-33-23-13-10-18(26)14-21(23)27/h8-14,20,22H,2-7,15-16H2,1H3,(H,29,32). The fourth-order valence-corrected chi connectivity index (χ4v) is 4.79. The molecular weight excluding hydrogens is 511 g/mol. The summed E-state index contributed by atoms with van der Waals surface area (Å²) in [5.41, 5.74) is 0.732. The van der Waals surface area contributed by atoms with E-state index < -0.39 is 6.04 Å². The van der Waals surface area contributed by atoms with Crippen LogP contribution in [0.5, 0.6) is 5.75 Å². The summed E-state index contributed by atoms with van der Waals surface area (Å²) in [5.74, 6) is -0.480. The average molecular weight is 540 g/mol. The molecule has 5 nitrogen and oxygen atoms in total. The predicted molar refractivity (Wildman–Crippen MR) is 131 cm³/mol. The highest BCUT2D eigenvalue weighted by molar-refractivity contribution is 9.10. The minimum absolute atomic E-state index is 0.140. The largest absolute Gasteiger partial charge is 0.482 e. The van der Waals surface area contributed by atoms with Crippen molar-refractivity contribution in [2.45, 2.75) is 64.1 Å². The quantitative estimate of drug-likeness (QED) is 0.433. The normalized spacial score (nSPS) is 15.0. The van der Waals surface area contributed by atoms with Crippen molar-refractivity contribution in [2.24, 2.45) is 0 Å². The van der Waals surface area contributed by atoms with Crippen LogP contribution in [0.1, 0.15) is 51.0 Å². The number of hydrogen-bond donors (Lipinski definition) is 1. The number of carbonyl (C=O) groups excluding carboxylic acids is 2. The van der Waals surface area contributed by atoms with Crippen molar-refractivity contribution in [1.82, 2.24) is 10.2 Å². The van der Waals surface area contributed by atoms with Crippen LogP contribution in [0.25, 0.3) is 0 Å². The molecule has 1 aliphatic rings. The minimum Gasteiger partial charge on any atom is -0.482 e. The third-order valence-corrected chi connectivity index (χ3v) is 6.64. The van der Waals surface area contributed by atoms with E-state index in [9.17, 15) is 14.0 Å². The van der Waals surface area contributed by atoms with Crippen molar-refractivity contribution in [3.8, 4) is 5.75 Å². The SMILES string of the molecule is CCC(C(=O)NC1CCCCC1)N(Cc1ccc(F)cc1)C(=O)COc1ccc(Br)cc1Cl. The van der Waals surface area contributed by atoms with Crippen LogP contribution in [0.15, 0.2) is 46.9 Å². The second-order valence-corrected chi connectivity index (χ2v) is 9.60. The van der Waals surface area contributed by atoms with Gasteiger partial charge in [-0.25, -0.2) is 4.39 Å². The molecule has 2 aromatic carbocycles. The Hall–Kier alpha value is -2.12. The fourth-order valence-electron chi connectivity index (χ4n) is 4.06. The van der Waals surface area contributed by atoms with E-state index in [1.807, 2.05) is 6.92 Å². The Bertz CT molecular complexity index is 951. The van der Waals surface area contributed by atoms with Gasteiger partial charge in [0.15, 0.2) is 6.61 Å². The molecule has 178 valence electrons. The summed E-state index contributed by atoms with van der Waals surface area (Å²) < 4.78 is 19.9. The van der Waals surface area contributed by atoms with Crippen molar-refractivity contribution in [3.63, 3.8) is 0 Å². The van der Waals surface area contributed by atoms with Gasteiger partial charge in [0, 0.05) is 17.1 Å². The van der Waals surface area contributed by atoms with Gasteiger partial charge in [-0.1, -0.05) is 65.8 Å². The van der Waals surface area contributed by atoms with E-state index in [-0.39, 0.29) is 36.8 Å². The van der Waals surface area contributed by atoms with E-state index >= 15 is 0 Å². The predicted octanol–water partition coefficient (Wildman–Crippen LogP) is 5.88. The van der Waals surface area contributed by atoms with Crippen LogP contribution in [0.2, 0.25) is 5.02 Å². The Morgan fingerprint density at radius 3 is 2.52 bits per heavy atom. The first kappa shape index (κ1) is 25.5. The molecule has 0 radical (unpaired) electrons. The van der Waals surface area contributed by atoms with Crippen LogP contribution >= 0.6 is 27.5 Å². The van der Waals surface area contributed by atoms with Crippen molar-refractivity contribution in [1.29, 1.82) is 0 Å². The highest BCUT2D eigenvalue weighted by Crippen LogP contribution is 2.28. The maximum atomic E-state index is 13.4. The Balaban J connectivity index is 1.76. The molecule has 1 unspecified atom stereocenters. The van der Waals surface area contributed by atoms with Gasteiger partial charge in [-0.05, 0) is 55.2 Å². The van der Waals surface area contributed by atoms with Gasteiger partial charge in [-0.3, -0.25) is 9.59 Å². The number of nitrogens with one attached hydrogen (secondary N) is 1. The van der Waals surface area contributed by atoms with E-state index in [1.54, 1.807) is 30.3 Å². The smallest absolute Gasteiger partial charge is 0.261 e. The van der Waals surface area contributed by atoms with Gasteiger partial charge in [-0.15, -0.1) is 0 Å². The zero-order valence-electron chi connectivity index (χ0n) is 18.7. The van der Waals surface area contributed by atoms with Crippen molar-refractivity contribution in [3.05, 3.63) is 63.3 Å². The topological polar surface area (TPSA) is 58.6 Å². The Kier molecular flexibility index (Phi) is 9.56. The first-order chi connectivity index (χ1) is 15.9. The molecule has 1 saturated carbocycles. The molecule has 0 aromatic heterocycles. The molecule has 1 atom stereocenters. The zero-order chi connectivity index (χ0) is 23.8. The summed E-state index contributed by atoms with van der Waals surface area (Å²) in [7, 11) is 0. The molecule has 0 bridgehead atoms. The average Bonchev–Trinajstić information content (AvgIpc) is 2.80. The molecular formula is C25H29BrClFN2O3. The van der Waals surface area contributed by atoms with Crippen molar-refractivity contribution >= 4 is 39.3 Å². The molecule has 8 heteroatoms. The van der Waals surface area contributed by atoms with Crippen molar-refractivity contribution < 1.29 is 18.7 Å². The lowest BCUT2D eigenvalue weighted by Gasteiger charge is -2.32. The van der Waals surface area contributed by atoms with Crippen molar-refractivity contribution in [2.75, 3.05) is 6.61 Å². The number of amides is 2. The van der Waals surface area contributed by atoms with Gasteiger partial charge < -0.3 is 15.0 Å². The third-order valence-electron chi connectivity index (χ3n) is 5.85. The van der Waals surface area contributed by atoms with Crippen LogP contribution in [0.3, 0.4) is 0 Å². The second kappa shape index (κ2) is 12.4. The van der Waals surface area contributed by atoms with Gasteiger partial charge in [0.2, 0.25) is 5.91 Å². The lowest BCUT2D eigenvalue weighted by atomic mass is 9.95. The van der Waals surface area contributed by atoms with Gasteiger partial charge in [0.25, 0.3) is 5.91 Å². The van der Waals surface area contributed by atoms with E-state index in [2.05, 4.69) is 21.2 Å². The van der Waals surface area contributed by atoms with Crippen LogP contribution in [-0.4, -0.2) is 35.4 Å². The van der Waals surface area contributed by atoms with Crippen LogP contribution < -0.4 is 10.1 Å². The van der Waals surface area contributed by atoms with Gasteiger partial charge in [0.1, 0.15) is 17.6 Å². The Morgan fingerprint density at radius 2 is 1.88 bits per heavy atom. The first-order valence-electron chi connectivity index (χ1n) is 11.3. The number of carbonyl (C=O) groups is 2. The maximum Gasteiger partial charge on any atom is 0.261 e. The van der Waals surface area contributed by atoms with Crippen LogP contribution in [0.4, 0.5) is 4.39 Å². The fraction of sp³-hybridized carbons (Fsp3) is 0.440. The minimum atomic E-state index is -0.659. The summed E-state index contributed by atoms with van der Waals surface area (Å²) >= 11 is 9.55. The van der Waals surface area contributed by atoms with Gasteiger partial charge >= 0.3 is 0 Å². The van der Waals surface area contributed by atoms with Crippen LogP contribution in [0, 0.1) is 5.82 Å². The molecule has 2 amide bonds. The van der Waals surface area contributed by atoms with E-state index in [0.29, 0.717) is 17.2 Å². The molecule has 0 heterocycles. The van der Waals surface area contributed by atoms with E-state index in [4.69, 9.17) is 16.3 Å². The molecule has 3 rings (SSSR count). The molecule has 33 heavy (non-hydrogen) atoms. The van der Waals surface area contributed by atoms with Gasteiger partial charge in [-0.2, -0.15) is 0 Å². The third kappa shape index (κ3) is 7.44. The number of halogens is 3. The number of hydrogen-bond acceptors (Lipinski definition) is 3. The van der Waals surface area contributed by atoms with Gasteiger partial charge in [0.05, 0.1) is 5.02 Å². The summed E-state index contributed by atoms with van der Waals surface area (Å²) in [6.07, 6.45) is 5.75. The molecule has 0 spiro atoms. The number of benzene rings is 2. The highest BCUT2D eigenvalue weighted by Gasteiger charge is 2.30. The Morgan fingerprint density at radius 1 is 1.18 bits per heavy atom. The molecule has 1 fully saturated rings. The number of ether oxygens (including phenoxy) is 1.